The van der Waals surface area contributed by atoms with Crippen molar-refractivity contribution in [2.45, 2.75) is 6.54 Å². The highest BCUT2D eigenvalue weighted by atomic mass is 16.4. The minimum absolute atomic E-state index is 0.277. The number of nitrogens with zero attached hydrogens (tertiary/aromatic N) is 4. The number of amides is 1. The summed E-state index contributed by atoms with van der Waals surface area (Å²) in [7, 11) is 1.87. The molecule has 3 heterocycles. The summed E-state index contributed by atoms with van der Waals surface area (Å²) in [4.78, 5) is 29.0. The van der Waals surface area contributed by atoms with Crippen LogP contribution in [-0.4, -0.2) is 43.2 Å². The van der Waals surface area contributed by atoms with Crippen LogP contribution in [0.3, 0.4) is 0 Å². The standard InChI is InChI=1S/C17H15N5O3/c1-21-13-3-2-12(6-11(13)7-19-21)20-16-15-10(4-5-18-16)8-22(17(15)25)9-14(23)24/h2-7H,8-9H2,1H3,(H,18,20)(H,23,24). The van der Waals surface area contributed by atoms with Crippen molar-refractivity contribution in [1.29, 1.82) is 0 Å². The number of benzene rings is 1. The lowest BCUT2D eigenvalue weighted by Gasteiger charge is -2.12. The monoisotopic (exact) mass is 337 g/mol. The quantitative estimate of drug-likeness (QED) is 0.752. The Kier molecular flexibility index (Phi) is 3.38. The molecule has 0 saturated heterocycles. The van der Waals surface area contributed by atoms with Gasteiger partial charge in [-0.15, -0.1) is 0 Å². The predicted molar refractivity (Wildman–Crippen MR) is 90.6 cm³/mol. The molecule has 8 heteroatoms. The van der Waals surface area contributed by atoms with Gasteiger partial charge in [-0.3, -0.25) is 14.3 Å². The van der Waals surface area contributed by atoms with E-state index in [1.807, 2.05) is 25.2 Å². The molecule has 0 aliphatic carbocycles. The van der Waals surface area contributed by atoms with Crippen molar-refractivity contribution in [2.75, 3.05) is 11.9 Å². The van der Waals surface area contributed by atoms with Gasteiger partial charge in [0.2, 0.25) is 0 Å². The topological polar surface area (TPSA) is 100 Å². The van der Waals surface area contributed by atoms with Crippen LogP contribution in [0.1, 0.15) is 15.9 Å². The number of carboxylic acids is 1. The van der Waals surface area contributed by atoms with Crippen molar-refractivity contribution in [2.24, 2.45) is 7.05 Å². The van der Waals surface area contributed by atoms with E-state index in [1.165, 1.54) is 4.90 Å². The van der Waals surface area contributed by atoms with Crippen LogP contribution in [-0.2, 0) is 18.4 Å². The largest absolute Gasteiger partial charge is 0.480 e. The SMILES string of the molecule is Cn1ncc2cc(Nc3nccc4c3C(=O)N(CC(=O)O)C4)ccc21. The molecular weight excluding hydrogens is 322 g/mol. The number of carbonyl (C=O) groups is 2. The fourth-order valence-electron chi connectivity index (χ4n) is 3.07. The van der Waals surface area contributed by atoms with Gasteiger partial charge in [0.1, 0.15) is 12.4 Å². The van der Waals surface area contributed by atoms with Gasteiger partial charge in [-0.05, 0) is 29.8 Å². The molecule has 0 fully saturated rings. The third-order valence-corrected chi connectivity index (χ3v) is 4.23. The molecule has 0 spiro atoms. The molecule has 1 amide bonds. The zero-order valence-corrected chi connectivity index (χ0v) is 13.4. The lowest BCUT2D eigenvalue weighted by molar-refractivity contribution is -0.137. The van der Waals surface area contributed by atoms with Gasteiger partial charge in [-0.1, -0.05) is 0 Å². The normalized spacial score (nSPS) is 13.3. The van der Waals surface area contributed by atoms with Crippen molar-refractivity contribution >= 4 is 34.3 Å². The second kappa shape index (κ2) is 5.59. The maximum absolute atomic E-state index is 12.5. The zero-order valence-electron chi connectivity index (χ0n) is 13.4. The van der Waals surface area contributed by atoms with Gasteiger partial charge in [0, 0.05) is 30.9 Å². The Balaban J connectivity index is 1.67. The number of aryl methyl sites for hydroxylation is 1. The van der Waals surface area contributed by atoms with E-state index in [0.29, 0.717) is 11.4 Å². The highest BCUT2D eigenvalue weighted by Gasteiger charge is 2.31. The second-order valence-corrected chi connectivity index (χ2v) is 5.92. The van der Waals surface area contributed by atoms with Crippen LogP contribution in [0.15, 0.2) is 36.7 Å². The molecule has 4 rings (SSSR count). The van der Waals surface area contributed by atoms with Crippen LogP contribution in [0.2, 0.25) is 0 Å². The molecule has 1 aliphatic heterocycles. The molecule has 126 valence electrons. The molecule has 1 aromatic carbocycles. The molecule has 0 bridgehead atoms. The van der Waals surface area contributed by atoms with Crippen molar-refractivity contribution in [1.82, 2.24) is 19.7 Å². The number of pyridine rings is 1. The first-order valence-electron chi connectivity index (χ1n) is 7.70. The van der Waals surface area contributed by atoms with Gasteiger partial charge in [0.25, 0.3) is 5.91 Å². The van der Waals surface area contributed by atoms with Gasteiger partial charge in [-0.25, -0.2) is 4.98 Å². The minimum Gasteiger partial charge on any atom is -0.480 e. The summed E-state index contributed by atoms with van der Waals surface area (Å²) in [6.45, 7) is -0.0477. The van der Waals surface area contributed by atoms with E-state index >= 15 is 0 Å². The lowest BCUT2D eigenvalue weighted by atomic mass is 10.1. The van der Waals surface area contributed by atoms with Gasteiger partial charge in [-0.2, -0.15) is 5.10 Å². The Morgan fingerprint density at radius 2 is 2.20 bits per heavy atom. The molecule has 0 radical (unpaired) electrons. The number of aromatic nitrogens is 3. The smallest absolute Gasteiger partial charge is 0.323 e. The highest BCUT2D eigenvalue weighted by Crippen LogP contribution is 2.30. The first-order chi connectivity index (χ1) is 12.0. The van der Waals surface area contributed by atoms with Gasteiger partial charge >= 0.3 is 5.97 Å². The number of aliphatic carboxylic acids is 1. The average Bonchev–Trinajstić information content (AvgIpc) is 3.09. The van der Waals surface area contributed by atoms with E-state index in [0.717, 1.165) is 22.2 Å². The maximum atomic E-state index is 12.5. The van der Waals surface area contributed by atoms with Crippen LogP contribution in [0.25, 0.3) is 10.9 Å². The Hall–Kier alpha value is -3.42. The third kappa shape index (κ3) is 2.57. The summed E-state index contributed by atoms with van der Waals surface area (Å²) < 4.78 is 1.78. The number of rotatable bonds is 4. The van der Waals surface area contributed by atoms with Gasteiger partial charge in [0.15, 0.2) is 0 Å². The number of fused-ring (bicyclic) bond motifs is 2. The van der Waals surface area contributed by atoms with Crippen LogP contribution < -0.4 is 5.32 Å². The minimum atomic E-state index is -1.04. The summed E-state index contributed by atoms with van der Waals surface area (Å²) in [6, 6.07) is 7.49. The van der Waals surface area contributed by atoms with E-state index in [4.69, 9.17) is 5.11 Å². The number of hydrogen-bond acceptors (Lipinski definition) is 5. The summed E-state index contributed by atoms with van der Waals surface area (Å²) in [5.74, 6) is -0.931. The molecule has 2 N–H and O–H groups in total. The van der Waals surface area contributed by atoms with E-state index in [9.17, 15) is 9.59 Å². The summed E-state index contributed by atoms with van der Waals surface area (Å²) in [5.41, 5.74) is 2.98. The maximum Gasteiger partial charge on any atom is 0.323 e. The molecule has 25 heavy (non-hydrogen) atoms. The van der Waals surface area contributed by atoms with Gasteiger partial charge in [0.05, 0.1) is 17.3 Å². The fraction of sp³-hybridized carbons (Fsp3) is 0.176. The zero-order chi connectivity index (χ0) is 17.6. The highest BCUT2D eigenvalue weighted by molar-refractivity contribution is 6.04. The number of carbonyl (C=O) groups excluding carboxylic acids is 1. The summed E-state index contributed by atoms with van der Waals surface area (Å²) >= 11 is 0. The molecule has 0 unspecified atom stereocenters. The molecule has 0 atom stereocenters. The van der Waals surface area contributed by atoms with Crippen LogP contribution in [0.4, 0.5) is 11.5 Å². The second-order valence-electron chi connectivity index (χ2n) is 5.92. The molecular formula is C17H15N5O3. The molecule has 0 saturated carbocycles. The number of carboxylic acid groups (broad SMARTS) is 1. The summed E-state index contributed by atoms with van der Waals surface area (Å²) in [5, 5.41) is 17.3. The summed E-state index contributed by atoms with van der Waals surface area (Å²) in [6.07, 6.45) is 3.38. The molecule has 1 aliphatic rings. The van der Waals surface area contributed by atoms with Crippen molar-refractivity contribution < 1.29 is 14.7 Å². The first-order valence-corrected chi connectivity index (χ1v) is 7.70. The van der Waals surface area contributed by atoms with Crippen molar-refractivity contribution in [3.8, 4) is 0 Å². The number of anilines is 2. The Bertz CT molecular complexity index is 1010. The molecule has 3 aromatic rings. The molecule has 8 nitrogen and oxygen atoms in total. The molecule has 2 aromatic heterocycles. The van der Waals surface area contributed by atoms with Crippen LogP contribution in [0.5, 0.6) is 0 Å². The van der Waals surface area contributed by atoms with Crippen LogP contribution >= 0.6 is 0 Å². The fourth-order valence-corrected chi connectivity index (χ4v) is 3.07. The predicted octanol–water partition coefficient (Wildman–Crippen LogP) is 1.75. The Labute approximate surface area is 142 Å². The van der Waals surface area contributed by atoms with E-state index in [-0.39, 0.29) is 19.0 Å². The van der Waals surface area contributed by atoms with E-state index < -0.39 is 5.97 Å². The van der Waals surface area contributed by atoms with Gasteiger partial charge < -0.3 is 15.3 Å². The number of hydrogen-bond donors (Lipinski definition) is 2. The van der Waals surface area contributed by atoms with Crippen LogP contribution in [0, 0.1) is 0 Å². The third-order valence-electron chi connectivity index (χ3n) is 4.23. The Morgan fingerprint density at radius 1 is 1.36 bits per heavy atom. The Morgan fingerprint density at radius 3 is 3.00 bits per heavy atom. The van der Waals surface area contributed by atoms with E-state index in [1.54, 1.807) is 23.1 Å². The first kappa shape index (κ1) is 15.1. The average molecular weight is 337 g/mol. The van der Waals surface area contributed by atoms with E-state index in [2.05, 4.69) is 15.4 Å². The lowest BCUT2D eigenvalue weighted by Crippen LogP contribution is -2.30. The van der Waals surface area contributed by atoms with Crippen molar-refractivity contribution in [3.63, 3.8) is 0 Å². The number of nitrogens with one attached hydrogen (secondary N) is 1. The van der Waals surface area contributed by atoms with Crippen molar-refractivity contribution in [3.05, 3.63) is 47.8 Å².